The Labute approximate surface area is 176 Å². The largest absolute Gasteiger partial charge is 0.339 e. The molecule has 2 bridgehead atoms. The van der Waals surface area contributed by atoms with Crippen LogP contribution in [0.1, 0.15) is 82.3 Å². The molecule has 0 aromatic heterocycles. The van der Waals surface area contributed by atoms with Gasteiger partial charge in [-0.25, -0.2) is 0 Å². The Morgan fingerprint density at radius 1 is 0.621 bits per heavy atom. The Bertz CT molecular complexity index is 704. The minimum absolute atomic E-state index is 0.665. The third-order valence-electron chi connectivity index (χ3n) is 6.16. The number of benzene rings is 2. The van der Waals surface area contributed by atoms with Gasteiger partial charge in [0.05, 0.1) is 0 Å². The molecule has 0 aliphatic carbocycles. The van der Waals surface area contributed by atoms with Crippen LogP contribution in [-0.2, 0) is 19.2 Å². The third-order valence-corrected chi connectivity index (χ3v) is 7.47. The van der Waals surface area contributed by atoms with Crippen molar-refractivity contribution in [3.63, 3.8) is 0 Å². The van der Waals surface area contributed by atoms with E-state index < -0.39 is 20.0 Å². The summed E-state index contributed by atoms with van der Waals surface area (Å²) in [4.78, 5) is 0. The monoisotopic (exact) mass is 412 g/mol. The van der Waals surface area contributed by atoms with Gasteiger partial charge in [0.2, 0.25) is 5.79 Å². The van der Waals surface area contributed by atoms with Gasteiger partial charge in [-0.1, -0.05) is 119 Å². The van der Waals surface area contributed by atoms with E-state index in [0.29, 0.717) is 0 Å². The average Bonchev–Trinajstić information content (AvgIpc) is 3.25. The van der Waals surface area contributed by atoms with E-state index in [0.717, 1.165) is 24.0 Å². The fourth-order valence-corrected chi connectivity index (χ4v) is 6.17. The van der Waals surface area contributed by atoms with E-state index in [1.165, 1.54) is 51.4 Å². The van der Waals surface area contributed by atoms with Crippen molar-refractivity contribution in [2.45, 2.75) is 82.5 Å². The Hall–Kier alpha value is -1.25. The van der Waals surface area contributed by atoms with Crippen LogP contribution in [0.3, 0.4) is 0 Å². The molecule has 2 aromatic carbocycles. The molecule has 4 heteroatoms. The van der Waals surface area contributed by atoms with Crippen molar-refractivity contribution < 1.29 is 13.6 Å². The molecule has 3 aliphatic rings. The standard InChI is InChI=1S/C25H33O3P/c1-2-3-4-5-6-7-8-9-16-21-24-25(28-29(26-24)27-24,22-17-12-10-13-18-22)23-19-14-11-15-20-23/h10-15,17-20H,2-9,16,21H2,1H3. The second-order valence-electron chi connectivity index (χ2n) is 8.24. The van der Waals surface area contributed by atoms with Gasteiger partial charge < -0.3 is 0 Å². The lowest BCUT2D eigenvalue weighted by Crippen LogP contribution is -2.51. The summed E-state index contributed by atoms with van der Waals surface area (Å²) in [7, 11) is -1.24. The lowest BCUT2D eigenvalue weighted by Gasteiger charge is -2.42. The average molecular weight is 413 g/mol. The van der Waals surface area contributed by atoms with Crippen molar-refractivity contribution in [1.29, 1.82) is 0 Å². The molecule has 3 fully saturated rings. The summed E-state index contributed by atoms with van der Waals surface area (Å²) in [5.41, 5.74) is 1.57. The summed E-state index contributed by atoms with van der Waals surface area (Å²) in [6.07, 6.45) is 12.6. The Morgan fingerprint density at radius 3 is 1.62 bits per heavy atom. The molecule has 3 saturated heterocycles. The zero-order chi connectivity index (χ0) is 20.0. The predicted octanol–water partition coefficient (Wildman–Crippen LogP) is 7.85. The highest BCUT2D eigenvalue weighted by atomic mass is 31.2. The van der Waals surface area contributed by atoms with Gasteiger partial charge in [0.15, 0.2) is 5.60 Å². The van der Waals surface area contributed by atoms with Crippen LogP contribution >= 0.6 is 8.60 Å². The number of hydrogen-bond acceptors (Lipinski definition) is 3. The maximum absolute atomic E-state index is 6.45. The number of fused-ring (bicyclic) bond motifs is 1. The highest BCUT2D eigenvalue weighted by molar-refractivity contribution is 7.43. The van der Waals surface area contributed by atoms with E-state index in [4.69, 9.17) is 13.6 Å². The fourth-order valence-electron chi connectivity index (χ4n) is 4.59. The van der Waals surface area contributed by atoms with Crippen LogP contribution in [0, 0.1) is 0 Å². The molecule has 5 rings (SSSR count). The molecular formula is C25H33O3P. The van der Waals surface area contributed by atoms with Crippen molar-refractivity contribution in [3.8, 4) is 0 Å². The van der Waals surface area contributed by atoms with Crippen LogP contribution in [0.25, 0.3) is 0 Å². The SMILES string of the molecule is CCCCCCCCCCCC12OP(O1)OC2(c1ccccc1)c1ccccc1. The summed E-state index contributed by atoms with van der Waals surface area (Å²) in [6.45, 7) is 2.27. The molecule has 3 heterocycles. The molecular weight excluding hydrogens is 379 g/mol. The van der Waals surface area contributed by atoms with E-state index in [9.17, 15) is 0 Å². The number of rotatable bonds is 12. The van der Waals surface area contributed by atoms with Crippen LogP contribution in [0.4, 0.5) is 0 Å². The maximum atomic E-state index is 6.45. The molecule has 156 valence electrons. The molecule has 0 amide bonds. The van der Waals surface area contributed by atoms with Gasteiger partial charge >= 0.3 is 8.60 Å². The first kappa shape index (κ1) is 21.0. The van der Waals surface area contributed by atoms with Gasteiger partial charge in [0.1, 0.15) is 0 Å². The predicted molar refractivity (Wildman–Crippen MR) is 118 cm³/mol. The van der Waals surface area contributed by atoms with Crippen molar-refractivity contribution in [2.24, 2.45) is 0 Å². The first-order chi connectivity index (χ1) is 14.3. The zero-order valence-electron chi connectivity index (χ0n) is 17.5. The van der Waals surface area contributed by atoms with Crippen LogP contribution in [0.5, 0.6) is 0 Å². The first-order valence-corrected chi connectivity index (χ1v) is 12.4. The minimum Gasteiger partial charge on any atom is -0.290 e. The lowest BCUT2D eigenvalue weighted by molar-refractivity contribution is -0.203. The smallest absolute Gasteiger partial charge is 0.290 e. The Morgan fingerprint density at radius 2 is 1.10 bits per heavy atom. The van der Waals surface area contributed by atoms with Crippen LogP contribution < -0.4 is 0 Å². The van der Waals surface area contributed by atoms with Gasteiger partial charge in [-0.2, -0.15) is 0 Å². The Kier molecular flexibility index (Phi) is 7.03. The van der Waals surface area contributed by atoms with Crippen molar-refractivity contribution in [3.05, 3.63) is 71.8 Å². The first-order valence-electron chi connectivity index (χ1n) is 11.3. The second kappa shape index (κ2) is 9.71. The molecule has 0 atom stereocenters. The molecule has 2 aromatic rings. The maximum Gasteiger partial charge on any atom is 0.339 e. The molecule has 29 heavy (non-hydrogen) atoms. The van der Waals surface area contributed by atoms with Crippen molar-refractivity contribution in [1.82, 2.24) is 0 Å². The molecule has 0 unspecified atom stereocenters. The lowest BCUT2D eigenvalue weighted by atomic mass is 9.77. The van der Waals surface area contributed by atoms with E-state index in [1.807, 2.05) is 12.1 Å². The van der Waals surface area contributed by atoms with Crippen LogP contribution in [-0.4, -0.2) is 5.79 Å². The highest BCUT2D eigenvalue weighted by Crippen LogP contribution is 2.77. The summed E-state index contributed by atoms with van der Waals surface area (Å²) < 4.78 is 19.0. The number of hydrogen-bond donors (Lipinski definition) is 0. The minimum atomic E-state index is -1.24. The third kappa shape index (κ3) is 4.16. The van der Waals surface area contributed by atoms with Gasteiger partial charge in [0, 0.05) is 6.42 Å². The van der Waals surface area contributed by atoms with Crippen LogP contribution in [0.15, 0.2) is 60.7 Å². The van der Waals surface area contributed by atoms with E-state index in [1.54, 1.807) is 0 Å². The molecule has 0 saturated carbocycles. The highest BCUT2D eigenvalue weighted by Gasteiger charge is 2.74. The summed E-state index contributed by atoms with van der Waals surface area (Å²) in [6, 6.07) is 20.9. The van der Waals surface area contributed by atoms with Gasteiger partial charge in [-0.05, 0) is 17.5 Å². The number of unbranched alkanes of at least 4 members (excludes halogenated alkanes) is 8. The summed E-state index contributed by atoms with van der Waals surface area (Å²) in [5.74, 6) is -0.692. The molecule has 0 spiro atoms. The van der Waals surface area contributed by atoms with Crippen molar-refractivity contribution >= 4 is 8.60 Å². The fraction of sp³-hybridized carbons (Fsp3) is 0.520. The van der Waals surface area contributed by atoms with Gasteiger partial charge in [-0.15, -0.1) is 0 Å². The van der Waals surface area contributed by atoms with Gasteiger partial charge in [0.25, 0.3) is 0 Å². The topological polar surface area (TPSA) is 27.7 Å². The summed E-state index contributed by atoms with van der Waals surface area (Å²) in [5, 5.41) is 0. The molecule has 0 N–H and O–H groups in total. The Balaban J connectivity index is 1.41. The molecule has 3 nitrogen and oxygen atoms in total. The zero-order valence-corrected chi connectivity index (χ0v) is 18.4. The molecule has 3 aliphatic heterocycles. The van der Waals surface area contributed by atoms with E-state index in [2.05, 4.69) is 55.5 Å². The quantitative estimate of drug-likeness (QED) is 0.262. The normalized spacial score (nSPS) is 24.4. The van der Waals surface area contributed by atoms with Crippen molar-refractivity contribution in [2.75, 3.05) is 0 Å². The van der Waals surface area contributed by atoms with E-state index in [-0.39, 0.29) is 0 Å². The van der Waals surface area contributed by atoms with E-state index >= 15 is 0 Å². The summed E-state index contributed by atoms with van der Waals surface area (Å²) >= 11 is 0. The van der Waals surface area contributed by atoms with Crippen LogP contribution in [0.2, 0.25) is 0 Å². The molecule has 0 radical (unpaired) electrons. The van der Waals surface area contributed by atoms with Gasteiger partial charge in [-0.3, -0.25) is 13.6 Å². The second-order valence-corrected chi connectivity index (χ2v) is 9.24.